The SMILES string of the molecule is CC(C)Cc1cc(C(=O)O)c(C(F)(F)F)o1. The molecule has 6 heteroatoms. The van der Waals surface area contributed by atoms with Crippen LogP contribution in [0, 0.1) is 5.92 Å². The molecule has 0 amide bonds. The van der Waals surface area contributed by atoms with Crippen molar-refractivity contribution in [2.45, 2.75) is 26.4 Å². The standard InChI is InChI=1S/C10H11F3O3/c1-5(2)3-6-4-7(9(14)15)8(16-6)10(11,12)13/h4-5H,3H2,1-2H3,(H,14,15). The van der Waals surface area contributed by atoms with Gasteiger partial charge < -0.3 is 9.52 Å². The summed E-state index contributed by atoms with van der Waals surface area (Å²) < 4.78 is 41.8. The Labute approximate surface area is 89.9 Å². The van der Waals surface area contributed by atoms with Gasteiger partial charge in [0.2, 0.25) is 5.76 Å². The molecule has 1 rings (SSSR count). The summed E-state index contributed by atoms with van der Waals surface area (Å²) in [5, 5.41) is 8.62. The molecule has 90 valence electrons. The van der Waals surface area contributed by atoms with Crippen LogP contribution in [-0.2, 0) is 12.6 Å². The van der Waals surface area contributed by atoms with Crippen LogP contribution in [0.15, 0.2) is 10.5 Å². The van der Waals surface area contributed by atoms with Gasteiger partial charge in [-0.05, 0) is 12.0 Å². The van der Waals surface area contributed by atoms with E-state index in [1.807, 2.05) is 0 Å². The van der Waals surface area contributed by atoms with Crippen LogP contribution in [-0.4, -0.2) is 11.1 Å². The summed E-state index contributed by atoms with van der Waals surface area (Å²) in [7, 11) is 0. The molecule has 0 bridgehead atoms. The number of carbonyl (C=O) groups is 1. The molecule has 0 unspecified atom stereocenters. The van der Waals surface area contributed by atoms with Crippen molar-refractivity contribution in [1.29, 1.82) is 0 Å². The molecule has 0 aliphatic heterocycles. The summed E-state index contributed by atoms with van der Waals surface area (Å²) >= 11 is 0. The molecule has 16 heavy (non-hydrogen) atoms. The van der Waals surface area contributed by atoms with Crippen molar-refractivity contribution >= 4 is 5.97 Å². The smallest absolute Gasteiger partial charge is 0.450 e. The molecule has 0 aromatic carbocycles. The lowest BCUT2D eigenvalue weighted by Crippen LogP contribution is -2.09. The molecule has 1 aromatic heterocycles. The quantitative estimate of drug-likeness (QED) is 0.876. The number of hydrogen-bond acceptors (Lipinski definition) is 2. The molecule has 1 heterocycles. The van der Waals surface area contributed by atoms with Crippen LogP contribution >= 0.6 is 0 Å². The van der Waals surface area contributed by atoms with E-state index in [0.29, 0.717) is 0 Å². The van der Waals surface area contributed by atoms with E-state index in [1.165, 1.54) is 0 Å². The van der Waals surface area contributed by atoms with Crippen molar-refractivity contribution in [3.05, 3.63) is 23.2 Å². The molecule has 0 saturated carbocycles. The number of furan rings is 1. The summed E-state index contributed by atoms with van der Waals surface area (Å²) in [5.74, 6) is -2.93. The van der Waals surface area contributed by atoms with Gasteiger partial charge in [0.05, 0.1) is 0 Å². The van der Waals surface area contributed by atoms with E-state index in [2.05, 4.69) is 4.42 Å². The third-order valence-electron chi connectivity index (χ3n) is 1.88. The molecule has 1 aromatic rings. The monoisotopic (exact) mass is 236 g/mol. The Balaban J connectivity index is 3.16. The summed E-state index contributed by atoms with van der Waals surface area (Å²) in [6.07, 6.45) is -4.50. The van der Waals surface area contributed by atoms with Crippen LogP contribution in [0.1, 0.15) is 35.7 Å². The van der Waals surface area contributed by atoms with Crippen molar-refractivity contribution in [3.63, 3.8) is 0 Å². The van der Waals surface area contributed by atoms with Gasteiger partial charge in [-0.3, -0.25) is 0 Å². The lowest BCUT2D eigenvalue weighted by atomic mass is 10.1. The van der Waals surface area contributed by atoms with Gasteiger partial charge in [0.1, 0.15) is 11.3 Å². The number of rotatable bonds is 3. The lowest BCUT2D eigenvalue weighted by Gasteiger charge is -2.03. The largest absolute Gasteiger partial charge is 0.478 e. The minimum atomic E-state index is -4.77. The fourth-order valence-electron chi connectivity index (χ4n) is 1.31. The minimum absolute atomic E-state index is 0.0414. The van der Waals surface area contributed by atoms with E-state index in [1.54, 1.807) is 13.8 Å². The first-order valence-corrected chi connectivity index (χ1v) is 4.65. The molecule has 1 N–H and O–H groups in total. The summed E-state index contributed by atoms with van der Waals surface area (Å²) in [6.45, 7) is 3.60. The predicted octanol–water partition coefficient (Wildman–Crippen LogP) is 3.20. The van der Waals surface area contributed by atoms with E-state index in [-0.39, 0.29) is 18.1 Å². The van der Waals surface area contributed by atoms with E-state index in [9.17, 15) is 18.0 Å². The highest BCUT2D eigenvalue weighted by molar-refractivity contribution is 5.89. The normalized spacial score (nSPS) is 12.1. The minimum Gasteiger partial charge on any atom is -0.478 e. The maximum atomic E-state index is 12.4. The summed E-state index contributed by atoms with van der Waals surface area (Å²) in [4.78, 5) is 10.6. The lowest BCUT2D eigenvalue weighted by molar-refractivity contribution is -0.154. The van der Waals surface area contributed by atoms with Crippen molar-refractivity contribution in [1.82, 2.24) is 0 Å². The van der Waals surface area contributed by atoms with Gasteiger partial charge in [-0.25, -0.2) is 4.79 Å². The first-order chi connectivity index (χ1) is 7.21. The zero-order valence-corrected chi connectivity index (χ0v) is 8.76. The van der Waals surface area contributed by atoms with Gasteiger partial charge in [-0.15, -0.1) is 0 Å². The van der Waals surface area contributed by atoms with E-state index in [4.69, 9.17) is 5.11 Å². The van der Waals surface area contributed by atoms with E-state index >= 15 is 0 Å². The molecular weight excluding hydrogens is 225 g/mol. The zero-order valence-electron chi connectivity index (χ0n) is 8.76. The summed E-state index contributed by atoms with van der Waals surface area (Å²) in [5.41, 5.74) is -0.830. The Morgan fingerprint density at radius 1 is 1.50 bits per heavy atom. The third kappa shape index (κ3) is 2.77. The van der Waals surface area contributed by atoms with E-state index in [0.717, 1.165) is 6.07 Å². The fraction of sp³-hybridized carbons (Fsp3) is 0.500. The van der Waals surface area contributed by atoms with Gasteiger partial charge in [0, 0.05) is 6.42 Å². The number of carboxylic acid groups (broad SMARTS) is 1. The molecule has 0 radical (unpaired) electrons. The number of hydrogen-bond donors (Lipinski definition) is 1. The first-order valence-electron chi connectivity index (χ1n) is 4.65. The molecule has 0 atom stereocenters. The van der Waals surface area contributed by atoms with Crippen molar-refractivity contribution in [2.75, 3.05) is 0 Å². The highest BCUT2D eigenvalue weighted by Crippen LogP contribution is 2.34. The van der Waals surface area contributed by atoms with Gasteiger partial charge in [0.15, 0.2) is 0 Å². The Morgan fingerprint density at radius 3 is 2.38 bits per heavy atom. The van der Waals surface area contributed by atoms with Crippen molar-refractivity contribution in [3.8, 4) is 0 Å². The Bertz CT molecular complexity index is 391. The molecule has 0 fully saturated rings. The van der Waals surface area contributed by atoms with Crippen molar-refractivity contribution < 1.29 is 27.5 Å². The van der Waals surface area contributed by atoms with Crippen LogP contribution in [0.25, 0.3) is 0 Å². The second-order valence-electron chi connectivity index (χ2n) is 3.86. The molecular formula is C10H11F3O3. The van der Waals surface area contributed by atoms with Crippen LogP contribution in [0.4, 0.5) is 13.2 Å². The second kappa shape index (κ2) is 4.19. The number of halogens is 3. The first kappa shape index (κ1) is 12.6. The second-order valence-corrected chi connectivity index (χ2v) is 3.86. The maximum Gasteiger partial charge on any atom is 0.450 e. The van der Waals surface area contributed by atoms with Crippen LogP contribution in [0.5, 0.6) is 0 Å². The van der Waals surface area contributed by atoms with Crippen molar-refractivity contribution in [2.24, 2.45) is 5.92 Å². The Morgan fingerprint density at radius 2 is 2.06 bits per heavy atom. The number of alkyl halides is 3. The van der Waals surface area contributed by atoms with E-state index < -0.39 is 23.5 Å². The maximum absolute atomic E-state index is 12.4. The van der Waals surface area contributed by atoms with Crippen LogP contribution < -0.4 is 0 Å². The molecule has 0 aliphatic rings. The number of aromatic carboxylic acids is 1. The third-order valence-corrected chi connectivity index (χ3v) is 1.88. The highest BCUT2D eigenvalue weighted by Gasteiger charge is 2.40. The van der Waals surface area contributed by atoms with Crippen LogP contribution in [0.3, 0.4) is 0 Å². The van der Waals surface area contributed by atoms with Gasteiger partial charge in [0.25, 0.3) is 0 Å². The molecule has 0 spiro atoms. The van der Waals surface area contributed by atoms with Gasteiger partial charge in [-0.1, -0.05) is 13.8 Å². The molecule has 0 saturated heterocycles. The highest BCUT2D eigenvalue weighted by atomic mass is 19.4. The fourth-order valence-corrected chi connectivity index (χ4v) is 1.31. The molecule has 3 nitrogen and oxygen atoms in total. The Hall–Kier alpha value is -1.46. The zero-order chi connectivity index (χ0) is 12.5. The average molecular weight is 236 g/mol. The Kier molecular flexibility index (Phi) is 3.30. The van der Waals surface area contributed by atoms with Crippen LogP contribution in [0.2, 0.25) is 0 Å². The average Bonchev–Trinajstić information content (AvgIpc) is 2.45. The molecule has 0 aliphatic carbocycles. The summed E-state index contributed by atoms with van der Waals surface area (Å²) in [6, 6.07) is 0.936. The van der Waals surface area contributed by atoms with Gasteiger partial charge in [-0.2, -0.15) is 13.2 Å². The number of carboxylic acids is 1. The predicted molar refractivity (Wildman–Crippen MR) is 49.2 cm³/mol. The topological polar surface area (TPSA) is 50.4 Å². The van der Waals surface area contributed by atoms with Gasteiger partial charge >= 0.3 is 12.1 Å².